The van der Waals surface area contributed by atoms with Crippen LogP contribution in [0.2, 0.25) is 0 Å². The molecule has 130 valence electrons. The lowest BCUT2D eigenvalue weighted by Crippen LogP contribution is -2.40. The second-order valence-electron chi connectivity index (χ2n) is 5.04. The van der Waals surface area contributed by atoms with Gasteiger partial charge in [0.2, 0.25) is 10.0 Å². The van der Waals surface area contributed by atoms with Crippen LogP contribution < -0.4 is 11.2 Å². The summed E-state index contributed by atoms with van der Waals surface area (Å²) in [6.45, 7) is 3.01. The van der Waals surface area contributed by atoms with Crippen LogP contribution in [0, 0.1) is 0 Å². The number of morpholine rings is 1. The first-order valence-electron chi connectivity index (χ1n) is 7.15. The van der Waals surface area contributed by atoms with Gasteiger partial charge in [0.1, 0.15) is 0 Å². The Bertz CT molecular complexity index is 752. The molecule has 0 aromatic heterocycles. The quantitative estimate of drug-likeness (QED) is 0.408. The van der Waals surface area contributed by atoms with Crippen molar-refractivity contribution < 1.29 is 22.7 Å². The molecule has 10 heteroatoms. The van der Waals surface area contributed by atoms with Gasteiger partial charge >= 0.3 is 11.8 Å². The molecular formula is C14H18N4O5S. The maximum atomic E-state index is 12.5. The zero-order chi connectivity index (χ0) is 17.7. The summed E-state index contributed by atoms with van der Waals surface area (Å²) in [5, 5.41) is 3.74. The highest BCUT2D eigenvalue weighted by Gasteiger charge is 2.26. The maximum Gasteiger partial charge on any atom is 0.329 e. The Morgan fingerprint density at radius 2 is 1.79 bits per heavy atom. The van der Waals surface area contributed by atoms with Crippen LogP contribution in [0.15, 0.2) is 34.3 Å². The number of carbonyl (C=O) groups is 2. The minimum absolute atomic E-state index is 0.169. The van der Waals surface area contributed by atoms with Crippen molar-refractivity contribution in [2.75, 3.05) is 26.3 Å². The first-order valence-corrected chi connectivity index (χ1v) is 8.59. The summed E-state index contributed by atoms with van der Waals surface area (Å²) in [5.41, 5.74) is 7.81. The summed E-state index contributed by atoms with van der Waals surface area (Å²) in [4.78, 5) is 21.8. The molecule has 1 heterocycles. The first-order chi connectivity index (χ1) is 11.3. The van der Waals surface area contributed by atoms with E-state index < -0.39 is 21.8 Å². The summed E-state index contributed by atoms with van der Waals surface area (Å²) < 4.78 is 31.5. The van der Waals surface area contributed by atoms with Crippen molar-refractivity contribution in [1.82, 2.24) is 9.73 Å². The number of hydrogen-bond donors (Lipinski definition) is 2. The van der Waals surface area contributed by atoms with E-state index in [0.29, 0.717) is 37.6 Å². The molecule has 1 aliphatic rings. The number of ether oxygens (including phenoxy) is 1. The number of primary amides is 1. The third-order valence-electron chi connectivity index (χ3n) is 3.43. The molecule has 1 aromatic rings. The van der Waals surface area contributed by atoms with Gasteiger partial charge in [0.25, 0.3) is 0 Å². The number of benzene rings is 1. The van der Waals surface area contributed by atoms with Crippen LogP contribution in [0.25, 0.3) is 0 Å². The molecule has 1 aromatic carbocycles. The van der Waals surface area contributed by atoms with Crippen LogP contribution in [0.5, 0.6) is 0 Å². The number of carbonyl (C=O) groups excluding carboxylic acids is 2. The zero-order valence-electron chi connectivity index (χ0n) is 13.1. The molecule has 1 saturated heterocycles. The van der Waals surface area contributed by atoms with Crippen molar-refractivity contribution in [1.29, 1.82) is 0 Å². The highest BCUT2D eigenvalue weighted by Crippen LogP contribution is 2.17. The topological polar surface area (TPSA) is 131 Å². The van der Waals surface area contributed by atoms with Crippen LogP contribution in [-0.4, -0.2) is 56.6 Å². The maximum absolute atomic E-state index is 12.5. The van der Waals surface area contributed by atoms with E-state index in [9.17, 15) is 18.0 Å². The SMILES string of the molecule is C/C(=N\NC(=O)C(N)=O)c1ccc(S(=O)(=O)N2CCOCC2)cc1. The molecule has 3 N–H and O–H groups in total. The fourth-order valence-corrected chi connectivity index (χ4v) is 3.47. The van der Waals surface area contributed by atoms with E-state index in [1.807, 2.05) is 5.43 Å². The Morgan fingerprint density at radius 3 is 2.33 bits per heavy atom. The number of hydrazone groups is 1. The lowest BCUT2D eigenvalue weighted by molar-refractivity contribution is -0.137. The van der Waals surface area contributed by atoms with Crippen molar-refractivity contribution in [3.63, 3.8) is 0 Å². The third kappa shape index (κ3) is 4.16. The fourth-order valence-electron chi connectivity index (χ4n) is 2.06. The third-order valence-corrected chi connectivity index (χ3v) is 5.34. The molecule has 0 spiro atoms. The van der Waals surface area contributed by atoms with Gasteiger partial charge in [-0.05, 0) is 24.6 Å². The van der Waals surface area contributed by atoms with Crippen LogP contribution in [0.1, 0.15) is 12.5 Å². The lowest BCUT2D eigenvalue weighted by atomic mass is 10.1. The van der Waals surface area contributed by atoms with E-state index in [1.54, 1.807) is 19.1 Å². The number of nitrogens with zero attached hydrogens (tertiary/aromatic N) is 2. The van der Waals surface area contributed by atoms with Gasteiger partial charge in [-0.15, -0.1) is 0 Å². The van der Waals surface area contributed by atoms with E-state index in [4.69, 9.17) is 10.5 Å². The monoisotopic (exact) mass is 354 g/mol. The minimum atomic E-state index is -3.56. The average Bonchev–Trinajstić information content (AvgIpc) is 2.60. The van der Waals surface area contributed by atoms with E-state index in [2.05, 4.69) is 5.10 Å². The van der Waals surface area contributed by atoms with Gasteiger partial charge in [-0.3, -0.25) is 9.59 Å². The van der Waals surface area contributed by atoms with Crippen LogP contribution in [-0.2, 0) is 24.3 Å². The molecule has 24 heavy (non-hydrogen) atoms. The predicted molar refractivity (Wildman–Crippen MR) is 85.6 cm³/mol. The van der Waals surface area contributed by atoms with Gasteiger partial charge in [0.05, 0.1) is 23.8 Å². The molecular weight excluding hydrogens is 336 g/mol. The first kappa shape index (κ1) is 18.0. The molecule has 2 amide bonds. The van der Waals surface area contributed by atoms with E-state index in [0.717, 1.165) is 0 Å². The molecule has 2 rings (SSSR count). The summed E-state index contributed by atoms with van der Waals surface area (Å²) in [6.07, 6.45) is 0. The van der Waals surface area contributed by atoms with Gasteiger partial charge in [-0.25, -0.2) is 13.8 Å². The van der Waals surface area contributed by atoms with Gasteiger partial charge < -0.3 is 10.5 Å². The highest BCUT2D eigenvalue weighted by molar-refractivity contribution is 7.89. The fraction of sp³-hybridized carbons (Fsp3) is 0.357. The summed E-state index contributed by atoms with van der Waals surface area (Å²) >= 11 is 0. The normalized spacial score (nSPS) is 16.6. The number of sulfonamides is 1. The average molecular weight is 354 g/mol. The number of hydrogen-bond acceptors (Lipinski definition) is 6. The standard InChI is InChI=1S/C14H18N4O5S/c1-10(16-17-14(20)13(15)19)11-2-4-12(5-3-11)24(21,22)18-6-8-23-9-7-18/h2-5H,6-9H2,1H3,(H2,15,19)(H,17,20)/b16-10+. The van der Waals surface area contributed by atoms with Crippen LogP contribution in [0.4, 0.5) is 0 Å². The Balaban J connectivity index is 2.13. The Kier molecular flexibility index (Phi) is 5.65. The second-order valence-corrected chi connectivity index (χ2v) is 6.98. The molecule has 9 nitrogen and oxygen atoms in total. The van der Waals surface area contributed by atoms with Gasteiger partial charge in [-0.2, -0.15) is 9.41 Å². The summed E-state index contributed by atoms with van der Waals surface area (Å²) in [7, 11) is -3.56. The molecule has 0 saturated carbocycles. The molecule has 0 aliphatic carbocycles. The van der Waals surface area contributed by atoms with E-state index >= 15 is 0 Å². The number of amides is 2. The van der Waals surface area contributed by atoms with Crippen molar-refractivity contribution >= 4 is 27.5 Å². The lowest BCUT2D eigenvalue weighted by Gasteiger charge is -2.26. The minimum Gasteiger partial charge on any atom is -0.379 e. The smallest absolute Gasteiger partial charge is 0.329 e. The zero-order valence-corrected chi connectivity index (χ0v) is 13.9. The number of rotatable bonds is 4. The van der Waals surface area contributed by atoms with Crippen molar-refractivity contribution in [3.8, 4) is 0 Å². The number of nitrogens with two attached hydrogens (primary N) is 1. The van der Waals surface area contributed by atoms with Gasteiger partial charge in [-0.1, -0.05) is 12.1 Å². The predicted octanol–water partition coefficient (Wildman–Crippen LogP) is -0.967. The number of nitrogens with one attached hydrogen (secondary N) is 1. The highest BCUT2D eigenvalue weighted by atomic mass is 32.2. The Morgan fingerprint density at radius 1 is 1.21 bits per heavy atom. The second kappa shape index (κ2) is 7.51. The molecule has 1 fully saturated rings. The Labute approximate surface area is 139 Å². The summed E-state index contributed by atoms with van der Waals surface area (Å²) in [6, 6.07) is 6.08. The van der Waals surface area contributed by atoms with E-state index in [1.165, 1.54) is 16.4 Å². The van der Waals surface area contributed by atoms with E-state index in [-0.39, 0.29) is 4.90 Å². The largest absolute Gasteiger partial charge is 0.379 e. The van der Waals surface area contributed by atoms with Crippen LogP contribution >= 0.6 is 0 Å². The van der Waals surface area contributed by atoms with Gasteiger partial charge in [0.15, 0.2) is 0 Å². The Hall–Kier alpha value is -2.30. The molecule has 0 bridgehead atoms. The molecule has 0 radical (unpaired) electrons. The van der Waals surface area contributed by atoms with Crippen LogP contribution in [0.3, 0.4) is 0 Å². The molecule has 1 aliphatic heterocycles. The van der Waals surface area contributed by atoms with Crippen molar-refractivity contribution in [3.05, 3.63) is 29.8 Å². The van der Waals surface area contributed by atoms with Crippen molar-refractivity contribution in [2.24, 2.45) is 10.8 Å². The molecule has 0 unspecified atom stereocenters. The summed E-state index contributed by atoms with van der Waals surface area (Å²) in [5.74, 6) is -2.17. The van der Waals surface area contributed by atoms with Gasteiger partial charge in [0, 0.05) is 13.1 Å². The molecule has 0 atom stereocenters. The van der Waals surface area contributed by atoms with Crippen molar-refractivity contribution in [2.45, 2.75) is 11.8 Å².